The monoisotopic (exact) mass is 356 g/mol. The predicted octanol–water partition coefficient (Wildman–Crippen LogP) is 2.52. The van der Waals surface area contributed by atoms with Gasteiger partial charge in [0.1, 0.15) is 11.5 Å². The SMILES string of the molecule is CCOc1cc2c(cc1/C=N\NC(=O)Cc1cccc(OC)c1)OCO2. The van der Waals surface area contributed by atoms with Gasteiger partial charge in [0.05, 0.1) is 26.4 Å². The minimum atomic E-state index is -0.229. The largest absolute Gasteiger partial charge is 0.497 e. The number of rotatable bonds is 7. The highest BCUT2D eigenvalue weighted by molar-refractivity contribution is 5.87. The molecule has 3 rings (SSSR count). The van der Waals surface area contributed by atoms with E-state index >= 15 is 0 Å². The van der Waals surface area contributed by atoms with Gasteiger partial charge < -0.3 is 18.9 Å². The molecule has 0 atom stereocenters. The number of hydrazone groups is 1. The summed E-state index contributed by atoms with van der Waals surface area (Å²) in [5, 5.41) is 4.02. The first-order valence-electron chi connectivity index (χ1n) is 8.21. The number of amides is 1. The average Bonchev–Trinajstić information content (AvgIpc) is 3.09. The van der Waals surface area contributed by atoms with Crippen molar-refractivity contribution in [3.63, 3.8) is 0 Å². The van der Waals surface area contributed by atoms with Gasteiger partial charge in [-0.2, -0.15) is 5.10 Å². The zero-order valence-corrected chi connectivity index (χ0v) is 14.7. The van der Waals surface area contributed by atoms with Crippen molar-refractivity contribution in [2.45, 2.75) is 13.3 Å². The average molecular weight is 356 g/mol. The van der Waals surface area contributed by atoms with Gasteiger partial charge in [-0.1, -0.05) is 12.1 Å². The third-order valence-corrected chi connectivity index (χ3v) is 3.70. The second-order valence-electron chi connectivity index (χ2n) is 5.50. The summed E-state index contributed by atoms with van der Waals surface area (Å²) in [6.45, 7) is 2.57. The summed E-state index contributed by atoms with van der Waals surface area (Å²) in [5.41, 5.74) is 4.05. The van der Waals surface area contributed by atoms with Crippen LogP contribution in [0.15, 0.2) is 41.5 Å². The van der Waals surface area contributed by atoms with Crippen LogP contribution in [0.2, 0.25) is 0 Å². The number of carbonyl (C=O) groups excluding carboxylic acids is 1. The van der Waals surface area contributed by atoms with Crippen LogP contribution >= 0.6 is 0 Å². The number of fused-ring (bicyclic) bond motifs is 1. The highest BCUT2D eigenvalue weighted by atomic mass is 16.7. The van der Waals surface area contributed by atoms with Gasteiger partial charge >= 0.3 is 0 Å². The minimum Gasteiger partial charge on any atom is -0.497 e. The van der Waals surface area contributed by atoms with Crippen LogP contribution in [0.3, 0.4) is 0 Å². The summed E-state index contributed by atoms with van der Waals surface area (Å²) in [4.78, 5) is 12.1. The van der Waals surface area contributed by atoms with Crippen LogP contribution in [0.25, 0.3) is 0 Å². The second-order valence-corrected chi connectivity index (χ2v) is 5.50. The van der Waals surface area contributed by atoms with E-state index in [2.05, 4.69) is 10.5 Å². The molecular formula is C19H20N2O5. The first-order valence-corrected chi connectivity index (χ1v) is 8.21. The Balaban J connectivity index is 1.65. The first-order chi connectivity index (χ1) is 12.7. The van der Waals surface area contributed by atoms with Gasteiger partial charge in [0.15, 0.2) is 11.5 Å². The fraction of sp³-hybridized carbons (Fsp3) is 0.263. The lowest BCUT2D eigenvalue weighted by Gasteiger charge is -2.08. The van der Waals surface area contributed by atoms with E-state index in [0.29, 0.717) is 35.2 Å². The normalized spacial score (nSPS) is 12.2. The molecule has 1 amide bonds. The molecule has 0 fully saturated rings. The molecule has 0 aliphatic carbocycles. The lowest BCUT2D eigenvalue weighted by molar-refractivity contribution is -0.120. The van der Waals surface area contributed by atoms with Gasteiger partial charge in [-0.3, -0.25) is 4.79 Å². The van der Waals surface area contributed by atoms with Crippen molar-refractivity contribution < 1.29 is 23.7 Å². The molecule has 0 unspecified atom stereocenters. The predicted molar refractivity (Wildman–Crippen MR) is 96.2 cm³/mol. The number of benzene rings is 2. The summed E-state index contributed by atoms with van der Waals surface area (Å²) in [5.74, 6) is 2.35. The Morgan fingerprint density at radius 2 is 2.08 bits per heavy atom. The number of hydrogen-bond donors (Lipinski definition) is 1. The molecule has 1 aliphatic heterocycles. The fourth-order valence-electron chi connectivity index (χ4n) is 2.50. The molecule has 0 saturated heterocycles. The zero-order valence-electron chi connectivity index (χ0n) is 14.7. The van der Waals surface area contributed by atoms with Crippen LogP contribution in [0.1, 0.15) is 18.1 Å². The molecule has 0 radical (unpaired) electrons. The molecule has 0 saturated carbocycles. The van der Waals surface area contributed by atoms with Gasteiger partial charge in [-0.05, 0) is 30.7 Å². The van der Waals surface area contributed by atoms with E-state index in [1.54, 1.807) is 19.2 Å². The van der Waals surface area contributed by atoms with Crippen LogP contribution in [-0.2, 0) is 11.2 Å². The van der Waals surface area contributed by atoms with Crippen LogP contribution in [-0.4, -0.2) is 32.6 Å². The van der Waals surface area contributed by atoms with Gasteiger partial charge in [0.2, 0.25) is 12.7 Å². The molecule has 2 aromatic carbocycles. The Hall–Kier alpha value is -3.22. The number of nitrogens with one attached hydrogen (secondary N) is 1. The van der Waals surface area contributed by atoms with Crippen molar-refractivity contribution in [1.82, 2.24) is 5.43 Å². The van der Waals surface area contributed by atoms with Crippen molar-refractivity contribution in [3.05, 3.63) is 47.5 Å². The van der Waals surface area contributed by atoms with E-state index in [9.17, 15) is 4.79 Å². The number of hydrogen-bond acceptors (Lipinski definition) is 6. The van der Waals surface area contributed by atoms with Crippen LogP contribution in [0.5, 0.6) is 23.0 Å². The van der Waals surface area contributed by atoms with Crippen LogP contribution in [0.4, 0.5) is 0 Å². The van der Waals surface area contributed by atoms with Gasteiger partial charge in [-0.15, -0.1) is 0 Å². The quantitative estimate of drug-likeness (QED) is 0.609. The molecule has 136 valence electrons. The maximum atomic E-state index is 12.1. The lowest BCUT2D eigenvalue weighted by atomic mass is 10.1. The molecule has 2 aromatic rings. The second kappa shape index (κ2) is 8.24. The van der Waals surface area contributed by atoms with E-state index in [4.69, 9.17) is 18.9 Å². The molecule has 1 heterocycles. The summed E-state index contributed by atoms with van der Waals surface area (Å²) in [7, 11) is 1.59. The number of carbonyl (C=O) groups is 1. The highest BCUT2D eigenvalue weighted by Gasteiger charge is 2.17. The van der Waals surface area contributed by atoms with Crippen molar-refractivity contribution in [1.29, 1.82) is 0 Å². The molecule has 1 N–H and O–H groups in total. The third kappa shape index (κ3) is 4.24. The van der Waals surface area contributed by atoms with Gasteiger partial charge in [0.25, 0.3) is 0 Å². The van der Waals surface area contributed by atoms with E-state index in [1.807, 2.05) is 31.2 Å². The molecule has 1 aliphatic rings. The van der Waals surface area contributed by atoms with Crippen molar-refractivity contribution in [2.75, 3.05) is 20.5 Å². The number of methoxy groups -OCH3 is 1. The molecule has 7 nitrogen and oxygen atoms in total. The molecule has 7 heteroatoms. The van der Waals surface area contributed by atoms with Crippen molar-refractivity contribution in [2.24, 2.45) is 5.10 Å². The fourth-order valence-corrected chi connectivity index (χ4v) is 2.50. The zero-order chi connectivity index (χ0) is 18.4. The maximum Gasteiger partial charge on any atom is 0.244 e. The van der Waals surface area contributed by atoms with E-state index in [1.165, 1.54) is 6.21 Å². The molecule has 0 aromatic heterocycles. The number of nitrogens with zero attached hydrogens (tertiary/aromatic N) is 1. The summed E-state index contributed by atoms with van der Waals surface area (Å²) in [6, 6.07) is 10.9. The first kappa shape index (κ1) is 17.6. The number of ether oxygens (including phenoxy) is 4. The smallest absolute Gasteiger partial charge is 0.244 e. The van der Waals surface area contributed by atoms with Crippen molar-refractivity contribution >= 4 is 12.1 Å². The Bertz CT molecular complexity index is 820. The van der Waals surface area contributed by atoms with E-state index in [0.717, 1.165) is 5.56 Å². The molecular weight excluding hydrogens is 336 g/mol. The minimum absolute atomic E-state index is 0.179. The molecule has 0 bridgehead atoms. The van der Waals surface area contributed by atoms with E-state index < -0.39 is 0 Å². The van der Waals surface area contributed by atoms with Crippen molar-refractivity contribution in [3.8, 4) is 23.0 Å². The Morgan fingerprint density at radius 3 is 2.85 bits per heavy atom. The molecule has 0 spiro atoms. The lowest BCUT2D eigenvalue weighted by Crippen LogP contribution is -2.19. The maximum absolute atomic E-state index is 12.1. The van der Waals surface area contributed by atoms with Gasteiger partial charge in [0, 0.05) is 11.6 Å². The Kier molecular flexibility index (Phi) is 5.58. The van der Waals surface area contributed by atoms with Crippen LogP contribution in [0, 0.1) is 0 Å². The summed E-state index contributed by atoms with van der Waals surface area (Å²) in [6.07, 6.45) is 1.73. The third-order valence-electron chi connectivity index (χ3n) is 3.70. The topological polar surface area (TPSA) is 78.4 Å². The highest BCUT2D eigenvalue weighted by Crippen LogP contribution is 2.37. The van der Waals surface area contributed by atoms with Gasteiger partial charge in [-0.25, -0.2) is 5.43 Å². The summed E-state index contributed by atoms with van der Waals surface area (Å²) < 4.78 is 21.4. The van der Waals surface area contributed by atoms with E-state index in [-0.39, 0.29) is 19.1 Å². The van der Waals surface area contributed by atoms with Crippen LogP contribution < -0.4 is 24.4 Å². The Labute approximate surface area is 151 Å². The summed E-state index contributed by atoms with van der Waals surface area (Å²) >= 11 is 0. The standard InChI is InChI=1S/C19H20N2O5/c1-3-24-16-10-18-17(25-12-26-18)9-14(16)11-20-21-19(22)8-13-5-4-6-15(7-13)23-2/h4-7,9-11H,3,8,12H2,1-2H3,(H,21,22)/b20-11-. The molecule has 26 heavy (non-hydrogen) atoms. The Morgan fingerprint density at radius 1 is 1.27 bits per heavy atom.